The minimum absolute atomic E-state index is 0.0733. The van der Waals surface area contributed by atoms with E-state index in [9.17, 15) is 0 Å². The molecule has 3 heterocycles. The van der Waals surface area contributed by atoms with Crippen molar-refractivity contribution >= 4 is 0 Å². The van der Waals surface area contributed by atoms with Crippen molar-refractivity contribution in [1.82, 2.24) is 14.7 Å². The average molecular weight is 502 g/mol. The van der Waals surface area contributed by atoms with Gasteiger partial charge in [0, 0.05) is 41.7 Å². The summed E-state index contributed by atoms with van der Waals surface area (Å²) in [5.41, 5.74) is 7.68. The molecule has 0 spiro atoms. The molecule has 0 radical (unpaired) electrons. The summed E-state index contributed by atoms with van der Waals surface area (Å²) in [5, 5.41) is 0. The van der Waals surface area contributed by atoms with Crippen molar-refractivity contribution in [3.63, 3.8) is 0 Å². The lowest BCUT2D eigenvalue weighted by molar-refractivity contribution is 0.121. The number of hydrogen-bond donors (Lipinski definition) is 0. The molecule has 0 aromatic heterocycles. The van der Waals surface area contributed by atoms with Crippen LogP contribution in [0.1, 0.15) is 47.2 Å². The number of hydrogen-bond acceptors (Lipinski definition) is 6. The van der Waals surface area contributed by atoms with Gasteiger partial charge in [0.1, 0.15) is 37.4 Å². The molecule has 0 bridgehead atoms. The van der Waals surface area contributed by atoms with Crippen molar-refractivity contribution in [2.75, 3.05) is 41.3 Å². The Morgan fingerprint density at radius 3 is 1.38 bits per heavy atom. The first-order valence-corrected chi connectivity index (χ1v) is 13.0. The van der Waals surface area contributed by atoms with E-state index in [4.69, 9.17) is 14.2 Å². The number of ether oxygens (including phenoxy) is 3. The third-order valence-electron chi connectivity index (χ3n) is 7.42. The molecule has 3 aromatic carbocycles. The highest BCUT2D eigenvalue weighted by Crippen LogP contribution is 2.38. The zero-order valence-corrected chi connectivity index (χ0v) is 23.0. The quantitative estimate of drug-likeness (QED) is 0.471. The normalized spacial score (nSPS) is 17.7. The van der Waals surface area contributed by atoms with Gasteiger partial charge in [0.05, 0.1) is 0 Å². The largest absolute Gasteiger partial charge is 0.478 e. The molecule has 0 saturated heterocycles. The lowest BCUT2D eigenvalue weighted by Crippen LogP contribution is -2.29. The van der Waals surface area contributed by atoms with E-state index in [1.165, 1.54) is 33.4 Å². The number of rotatable bonds is 2. The van der Waals surface area contributed by atoms with Crippen LogP contribution >= 0.6 is 0 Å². The molecule has 6 heteroatoms. The van der Waals surface area contributed by atoms with Crippen LogP contribution in [-0.4, -0.2) is 56.0 Å². The van der Waals surface area contributed by atoms with Crippen molar-refractivity contribution in [2.24, 2.45) is 0 Å². The van der Waals surface area contributed by atoms with Gasteiger partial charge in [-0.3, -0.25) is 14.7 Å². The molecule has 196 valence electrons. The number of fused-ring (bicyclic) bond motifs is 3. The number of benzene rings is 3. The molecule has 37 heavy (non-hydrogen) atoms. The first-order chi connectivity index (χ1) is 17.7. The van der Waals surface area contributed by atoms with Crippen LogP contribution in [0.25, 0.3) is 0 Å². The lowest BCUT2D eigenvalue weighted by Gasteiger charge is -2.32. The highest BCUT2D eigenvalue weighted by atomic mass is 16.5. The summed E-state index contributed by atoms with van der Waals surface area (Å²) in [6.45, 7) is 11.6. The smallest absolute Gasteiger partial charge is 0.142 e. The highest BCUT2D eigenvalue weighted by molar-refractivity contribution is 5.48. The number of aryl methyl sites for hydroxylation is 1. The van der Waals surface area contributed by atoms with Crippen LogP contribution < -0.4 is 14.2 Å². The van der Waals surface area contributed by atoms with Gasteiger partial charge in [-0.25, -0.2) is 0 Å². The Kier molecular flexibility index (Phi) is 7.17. The summed E-state index contributed by atoms with van der Waals surface area (Å²) < 4.78 is 17.1. The van der Waals surface area contributed by atoms with Crippen molar-refractivity contribution in [1.29, 1.82) is 0 Å². The van der Waals surface area contributed by atoms with Gasteiger partial charge in [0.15, 0.2) is 0 Å². The molecule has 6 rings (SSSR count). The Hall–Kier alpha value is -3.06. The SMILES string of the molecule is CN1COc2ccc(C(C)(C)c3ccc4c(c3)CN(C)CO4)cc2C1.Cc1ccc2c(c1)CN(C)CO2. The molecule has 0 aliphatic carbocycles. The molecule has 0 saturated carbocycles. The Labute approximate surface area is 221 Å². The fourth-order valence-electron chi connectivity index (χ4n) is 5.15. The Morgan fingerprint density at radius 1 is 0.568 bits per heavy atom. The first-order valence-electron chi connectivity index (χ1n) is 13.0. The van der Waals surface area contributed by atoms with Gasteiger partial charge >= 0.3 is 0 Å². The summed E-state index contributed by atoms with van der Waals surface area (Å²) in [6.07, 6.45) is 0. The van der Waals surface area contributed by atoms with Gasteiger partial charge in [0.25, 0.3) is 0 Å². The van der Waals surface area contributed by atoms with Crippen molar-refractivity contribution in [3.8, 4) is 17.2 Å². The van der Waals surface area contributed by atoms with E-state index in [-0.39, 0.29) is 5.41 Å². The minimum Gasteiger partial charge on any atom is -0.478 e. The van der Waals surface area contributed by atoms with Crippen LogP contribution in [0.4, 0.5) is 0 Å². The topological polar surface area (TPSA) is 37.4 Å². The number of nitrogens with zero attached hydrogens (tertiary/aromatic N) is 3. The Balaban J connectivity index is 0.000000195. The van der Waals surface area contributed by atoms with E-state index in [1.807, 2.05) is 0 Å². The molecule has 0 atom stereocenters. The summed E-state index contributed by atoms with van der Waals surface area (Å²) in [4.78, 5) is 6.53. The minimum atomic E-state index is -0.0733. The van der Waals surface area contributed by atoms with Crippen molar-refractivity contribution in [3.05, 3.63) is 88.0 Å². The Bertz CT molecular complexity index is 1210. The molecule has 3 aliphatic rings. The molecule has 6 nitrogen and oxygen atoms in total. The monoisotopic (exact) mass is 501 g/mol. The van der Waals surface area contributed by atoms with E-state index in [1.54, 1.807) is 0 Å². The maximum Gasteiger partial charge on any atom is 0.142 e. The second-order valence-corrected chi connectivity index (χ2v) is 11.2. The van der Waals surface area contributed by atoms with Gasteiger partial charge in [-0.1, -0.05) is 43.7 Å². The van der Waals surface area contributed by atoms with E-state index in [0.29, 0.717) is 20.2 Å². The summed E-state index contributed by atoms with van der Waals surface area (Å²) in [5.74, 6) is 3.06. The fourth-order valence-corrected chi connectivity index (χ4v) is 5.15. The molecule has 3 aromatic rings. The van der Waals surface area contributed by atoms with E-state index >= 15 is 0 Å². The predicted molar refractivity (Wildman–Crippen MR) is 147 cm³/mol. The van der Waals surface area contributed by atoms with E-state index in [0.717, 1.165) is 36.9 Å². The molecule has 0 unspecified atom stereocenters. The molecule has 0 amide bonds. The Morgan fingerprint density at radius 2 is 0.946 bits per heavy atom. The zero-order valence-electron chi connectivity index (χ0n) is 23.0. The molecule has 0 fully saturated rings. The summed E-state index contributed by atoms with van der Waals surface area (Å²) in [7, 11) is 6.23. The average Bonchev–Trinajstić information content (AvgIpc) is 2.87. The van der Waals surface area contributed by atoms with Crippen LogP contribution in [0.2, 0.25) is 0 Å². The standard InChI is InChI=1S/C21H26N2O2.C10H13NO/c1-21(2,17-5-7-19-15(9-17)11-22(3)13-24-19)18-6-8-20-16(10-18)12-23(4)14-25-20;1-8-3-4-10-9(5-8)6-11(2)7-12-10/h5-10H,11-14H2,1-4H3;3-5H,6-7H2,1-2H3. The third kappa shape index (κ3) is 5.61. The van der Waals surface area contributed by atoms with Crippen molar-refractivity contribution in [2.45, 2.75) is 45.8 Å². The van der Waals surface area contributed by atoms with Crippen LogP contribution in [0.3, 0.4) is 0 Å². The van der Waals surface area contributed by atoms with E-state index < -0.39 is 0 Å². The van der Waals surface area contributed by atoms with Gasteiger partial charge in [-0.2, -0.15) is 0 Å². The first kappa shape index (κ1) is 25.6. The van der Waals surface area contributed by atoms with Crippen LogP contribution in [0.5, 0.6) is 17.2 Å². The summed E-state index contributed by atoms with van der Waals surface area (Å²) >= 11 is 0. The zero-order chi connectivity index (χ0) is 26.2. The second kappa shape index (κ2) is 10.4. The van der Waals surface area contributed by atoms with Crippen LogP contribution in [0, 0.1) is 6.92 Å². The van der Waals surface area contributed by atoms with Gasteiger partial charge in [-0.15, -0.1) is 0 Å². The third-order valence-corrected chi connectivity index (χ3v) is 7.42. The maximum absolute atomic E-state index is 5.80. The molecular formula is C31H39N3O3. The van der Waals surface area contributed by atoms with Crippen LogP contribution in [-0.2, 0) is 25.0 Å². The summed E-state index contributed by atoms with van der Waals surface area (Å²) in [6, 6.07) is 19.6. The van der Waals surface area contributed by atoms with Crippen molar-refractivity contribution < 1.29 is 14.2 Å². The van der Waals surface area contributed by atoms with Gasteiger partial charge in [0.2, 0.25) is 0 Å². The molecule has 0 N–H and O–H groups in total. The lowest BCUT2D eigenvalue weighted by atomic mass is 9.77. The van der Waals surface area contributed by atoms with Gasteiger partial charge in [-0.05, 0) is 69.5 Å². The van der Waals surface area contributed by atoms with E-state index in [2.05, 4.69) is 111 Å². The van der Waals surface area contributed by atoms with Gasteiger partial charge < -0.3 is 14.2 Å². The van der Waals surface area contributed by atoms with Crippen LogP contribution in [0.15, 0.2) is 54.6 Å². The molecule has 3 aliphatic heterocycles. The highest BCUT2D eigenvalue weighted by Gasteiger charge is 2.27. The second-order valence-electron chi connectivity index (χ2n) is 11.2. The maximum atomic E-state index is 5.80. The predicted octanol–water partition coefficient (Wildman–Crippen LogP) is 5.35. The fraction of sp³-hybridized carbons (Fsp3) is 0.419. The molecular weight excluding hydrogens is 462 g/mol.